The Labute approximate surface area is 162 Å². The summed E-state index contributed by atoms with van der Waals surface area (Å²) in [5.41, 5.74) is 6.30. The van der Waals surface area contributed by atoms with Gasteiger partial charge in [-0.05, 0) is 37.1 Å². The van der Waals surface area contributed by atoms with Crippen molar-refractivity contribution < 1.29 is 18.0 Å². The van der Waals surface area contributed by atoms with Gasteiger partial charge in [-0.15, -0.1) is 12.4 Å². The maximum Gasteiger partial charge on any atom is 0.416 e. The van der Waals surface area contributed by atoms with Crippen LogP contribution in [0.4, 0.5) is 24.5 Å². The zero-order chi connectivity index (χ0) is 19.2. The van der Waals surface area contributed by atoms with Crippen molar-refractivity contribution in [2.45, 2.75) is 38.5 Å². The van der Waals surface area contributed by atoms with E-state index in [9.17, 15) is 18.0 Å². The van der Waals surface area contributed by atoms with Crippen LogP contribution in [0, 0.1) is 0 Å². The van der Waals surface area contributed by atoms with Gasteiger partial charge in [-0.2, -0.15) is 13.2 Å². The molecule has 148 valence electrons. The summed E-state index contributed by atoms with van der Waals surface area (Å²) < 4.78 is 39.0. The lowest BCUT2D eigenvalue weighted by molar-refractivity contribution is -0.137. The molecule has 1 atom stereocenters. The smallest absolute Gasteiger partial charge is 0.379 e. The lowest BCUT2D eigenvalue weighted by Gasteiger charge is -2.16. The van der Waals surface area contributed by atoms with E-state index in [0.717, 1.165) is 17.7 Å². The molecular weight excluding hydrogens is 379 g/mol. The van der Waals surface area contributed by atoms with Crippen LogP contribution in [0.15, 0.2) is 48.5 Å². The number of anilines is 2. The van der Waals surface area contributed by atoms with Gasteiger partial charge in [0.25, 0.3) is 0 Å². The number of amides is 1. The van der Waals surface area contributed by atoms with Gasteiger partial charge in [0, 0.05) is 19.0 Å². The van der Waals surface area contributed by atoms with Crippen molar-refractivity contribution in [3.8, 4) is 0 Å². The number of nitrogens with two attached hydrogens (primary N) is 1. The van der Waals surface area contributed by atoms with E-state index >= 15 is 0 Å². The summed E-state index contributed by atoms with van der Waals surface area (Å²) in [7, 11) is 0. The first kappa shape index (κ1) is 22.8. The minimum absolute atomic E-state index is 0. The number of carbonyl (C=O) groups excluding carboxylic acids is 1. The van der Waals surface area contributed by atoms with E-state index in [1.807, 2.05) is 30.3 Å². The number of benzene rings is 2. The fourth-order valence-electron chi connectivity index (χ4n) is 2.34. The van der Waals surface area contributed by atoms with Crippen molar-refractivity contribution in [2.75, 3.05) is 10.6 Å². The Morgan fingerprint density at radius 3 is 2.37 bits per heavy atom. The van der Waals surface area contributed by atoms with E-state index in [2.05, 4.69) is 10.6 Å². The first-order valence-electron chi connectivity index (χ1n) is 8.30. The first-order chi connectivity index (χ1) is 12.3. The Balaban J connectivity index is 0.00000364. The quantitative estimate of drug-likeness (QED) is 0.624. The molecule has 0 aliphatic rings. The van der Waals surface area contributed by atoms with Gasteiger partial charge in [-0.25, -0.2) is 0 Å². The third kappa shape index (κ3) is 7.48. The van der Waals surface area contributed by atoms with E-state index in [0.29, 0.717) is 18.7 Å². The standard InChI is InChI=1S/C19H22F3N3O.ClH/c1-13(23)7-10-18(26)25-17-11-15(19(20,21)22)8-9-16(17)24-12-14-5-3-2-4-6-14;/h2-6,8-9,11,13,24H,7,10,12,23H2,1H3,(H,25,26);1H. The minimum Gasteiger partial charge on any atom is -0.379 e. The van der Waals surface area contributed by atoms with E-state index in [1.54, 1.807) is 6.92 Å². The van der Waals surface area contributed by atoms with Gasteiger partial charge >= 0.3 is 6.18 Å². The molecule has 1 unspecified atom stereocenters. The van der Waals surface area contributed by atoms with E-state index in [4.69, 9.17) is 5.73 Å². The highest BCUT2D eigenvalue weighted by molar-refractivity contribution is 5.94. The summed E-state index contributed by atoms with van der Waals surface area (Å²) in [5.74, 6) is -0.371. The Bertz CT molecular complexity index is 737. The highest BCUT2D eigenvalue weighted by Gasteiger charge is 2.31. The number of carbonyl (C=O) groups is 1. The van der Waals surface area contributed by atoms with Crippen LogP contribution >= 0.6 is 12.4 Å². The molecule has 2 rings (SSSR count). The Kier molecular flexibility index (Phi) is 8.59. The number of halogens is 4. The predicted molar refractivity (Wildman–Crippen MR) is 104 cm³/mol. The van der Waals surface area contributed by atoms with Gasteiger partial charge in [0.15, 0.2) is 0 Å². The third-order valence-corrected chi connectivity index (χ3v) is 3.77. The molecule has 0 saturated heterocycles. The number of nitrogens with one attached hydrogen (secondary N) is 2. The fraction of sp³-hybridized carbons (Fsp3) is 0.316. The molecule has 0 aliphatic heterocycles. The highest BCUT2D eigenvalue weighted by atomic mass is 35.5. The minimum atomic E-state index is -4.48. The second-order valence-corrected chi connectivity index (χ2v) is 6.16. The number of rotatable bonds is 7. The van der Waals surface area contributed by atoms with Crippen LogP contribution in [0.25, 0.3) is 0 Å². The van der Waals surface area contributed by atoms with Crippen LogP contribution in [0.5, 0.6) is 0 Å². The van der Waals surface area contributed by atoms with Crippen molar-refractivity contribution in [3.05, 3.63) is 59.7 Å². The molecule has 0 spiro atoms. The Morgan fingerprint density at radius 1 is 1.11 bits per heavy atom. The van der Waals surface area contributed by atoms with Crippen LogP contribution in [0.3, 0.4) is 0 Å². The molecule has 0 fully saturated rings. The van der Waals surface area contributed by atoms with Crippen molar-refractivity contribution in [3.63, 3.8) is 0 Å². The van der Waals surface area contributed by atoms with Gasteiger partial charge in [0.05, 0.1) is 16.9 Å². The van der Waals surface area contributed by atoms with Crippen molar-refractivity contribution in [1.29, 1.82) is 0 Å². The topological polar surface area (TPSA) is 67.2 Å². The molecule has 8 heteroatoms. The highest BCUT2D eigenvalue weighted by Crippen LogP contribution is 2.34. The lowest BCUT2D eigenvalue weighted by atomic mass is 10.1. The van der Waals surface area contributed by atoms with Crippen molar-refractivity contribution in [1.82, 2.24) is 0 Å². The average molecular weight is 402 g/mol. The van der Waals surface area contributed by atoms with Crippen LogP contribution in [-0.2, 0) is 17.5 Å². The molecule has 1 amide bonds. The van der Waals surface area contributed by atoms with E-state index in [1.165, 1.54) is 6.07 Å². The van der Waals surface area contributed by atoms with Crippen LogP contribution < -0.4 is 16.4 Å². The first-order valence-corrected chi connectivity index (χ1v) is 8.30. The zero-order valence-electron chi connectivity index (χ0n) is 14.8. The molecule has 2 aromatic rings. The van der Waals surface area contributed by atoms with Crippen LogP contribution in [0.1, 0.15) is 30.9 Å². The Morgan fingerprint density at radius 2 is 1.78 bits per heavy atom. The van der Waals surface area contributed by atoms with Gasteiger partial charge in [0.2, 0.25) is 5.91 Å². The maximum absolute atomic E-state index is 13.0. The summed E-state index contributed by atoms with van der Waals surface area (Å²) in [6, 6.07) is 12.5. The molecule has 0 radical (unpaired) electrons. The molecule has 4 nitrogen and oxygen atoms in total. The summed E-state index contributed by atoms with van der Waals surface area (Å²) in [6.07, 6.45) is -3.88. The molecule has 0 aliphatic carbocycles. The zero-order valence-corrected chi connectivity index (χ0v) is 15.7. The molecule has 2 aromatic carbocycles. The molecule has 4 N–H and O–H groups in total. The van der Waals surface area contributed by atoms with Crippen LogP contribution in [0.2, 0.25) is 0 Å². The molecule has 0 aromatic heterocycles. The number of hydrogen-bond donors (Lipinski definition) is 3. The van der Waals surface area contributed by atoms with Gasteiger partial charge in [-0.1, -0.05) is 30.3 Å². The van der Waals surface area contributed by atoms with Crippen LogP contribution in [-0.4, -0.2) is 11.9 Å². The number of alkyl halides is 3. The Hall–Kier alpha value is -2.25. The SMILES string of the molecule is CC(N)CCC(=O)Nc1cc(C(F)(F)F)ccc1NCc1ccccc1.Cl. The van der Waals surface area contributed by atoms with E-state index < -0.39 is 11.7 Å². The van der Waals surface area contributed by atoms with E-state index in [-0.39, 0.29) is 36.5 Å². The fourth-order valence-corrected chi connectivity index (χ4v) is 2.34. The molecule has 0 heterocycles. The monoisotopic (exact) mass is 401 g/mol. The molecular formula is C19H23ClF3N3O. The molecule has 0 bridgehead atoms. The lowest BCUT2D eigenvalue weighted by Crippen LogP contribution is -2.20. The third-order valence-electron chi connectivity index (χ3n) is 3.77. The van der Waals surface area contributed by atoms with Gasteiger partial charge in [-0.3, -0.25) is 4.79 Å². The van der Waals surface area contributed by atoms with Gasteiger partial charge < -0.3 is 16.4 Å². The normalized spacial score (nSPS) is 12.0. The molecule has 0 saturated carbocycles. The van der Waals surface area contributed by atoms with Gasteiger partial charge in [0.1, 0.15) is 0 Å². The molecule has 27 heavy (non-hydrogen) atoms. The average Bonchev–Trinajstić information content (AvgIpc) is 2.59. The maximum atomic E-state index is 13.0. The van der Waals surface area contributed by atoms with Crippen molar-refractivity contribution >= 4 is 29.7 Å². The van der Waals surface area contributed by atoms with Crippen molar-refractivity contribution in [2.24, 2.45) is 5.73 Å². The largest absolute Gasteiger partial charge is 0.416 e. The summed E-state index contributed by atoms with van der Waals surface area (Å²) in [6.45, 7) is 2.19. The summed E-state index contributed by atoms with van der Waals surface area (Å²) in [4.78, 5) is 12.0. The second kappa shape index (κ2) is 10.2. The second-order valence-electron chi connectivity index (χ2n) is 6.16. The number of hydrogen-bond acceptors (Lipinski definition) is 3. The predicted octanol–water partition coefficient (Wildman–Crippen LogP) is 4.81. The summed E-state index contributed by atoms with van der Waals surface area (Å²) >= 11 is 0. The summed E-state index contributed by atoms with van der Waals surface area (Å²) in [5, 5.41) is 5.63.